The predicted octanol–water partition coefficient (Wildman–Crippen LogP) is 5.50. The molecule has 0 bridgehead atoms. The number of fused-ring (bicyclic) bond motifs is 1. The second-order valence-electron chi connectivity index (χ2n) is 9.44. The van der Waals surface area contributed by atoms with Gasteiger partial charge < -0.3 is 4.98 Å². The summed E-state index contributed by atoms with van der Waals surface area (Å²) in [5.41, 5.74) is 2.19. The van der Waals surface area contributed by atoms with E-state index in [1.54, 1.807) is 60.7 Å². The molecule has 2 aromatic heterocycles. The SMILES string of the molecule is O=C(N1N=C(c2c(-c3ccc(Cl)cc3)c3ccccc3[nH]c2=O)C[C@H]1c1ccc(Cl)cc1)C(F)(F)Cn1cnnn1. The van der Waals surface area contributed by atoms with Crippen molar-refractivity contribution in [2.24, 2.45) is 5.10 Å². The molecule has 0 saturated heterocycles. The van der Waals surface area contributed by atoms with E-state index in [-0.39, 0.29) is 17.7 Å². The first kappa shape index (κ1) is 26.7. The number of pyridine rings is 1. The number of hydrogen-bond donors (Lipinski definition) is 1. The Labute approximate surface area is 241 Å². The highest BCUT2D eigenvalue weighted by atomic mass is 35.5. The van der Waals surface area contributed by atoms with Gasteiger partial charge in [0.2, 0.25) is 0 Å². The minimum atomic E-state index is -3.91. The predicted molar refractivity (Wildman–Crippen MR) is 150 cm³/mol. The van der Waals surface area contributed by atoms with Gasteiger partial charge in [-0.15, -0.1) is 5.10 Å². The Kier molecular flexibility index (Phi) is 6.84. The highest BCUT2D eigenvalue weighted by molar-refractivity contribution is 6.31. The lowest BCUT2D eigenvalue weighted by Gasteiger charge is -2.26. The van der Waals surface area contributed by atoms with Crippen LogP contribution in [0.5, 0.6) is 0 Å². The molecule has 0 spiro atoms. The van der Waals surface area contributed by atoms with Gasteiger partial charge in [0.05, 0.1) is 17.3 Å². The molecule has 1 amide bonds. The number of carbonyl (C=O) groups is 1. The van der Waals surface area contributed by atoms with E-state index in [1.165, 1.54) is 0 Å². The first-order valence-corrected chi connectivity index (χ1v) is 13.1. The molecule has 5 aromatic rings. The molecule has 1 aliphatic rings. The average molecular weight is 594 g/mol. The number of rotatable bonds is 6. The average Bonchev–Trinajstić information content (AvgIpc) is 3.63. The fourth-order valence-electron chi connectivity index (χ4n) is 4.92. The number of alkyl halides is 2. The molecule has 13 heteroatoms. The third kappa shape index (κ3) is 5.09. The number of carbonyl (C=O) groups excluding carboxylic acids is 1. The monoisotopic (exact) mass is 593 g/mol. The van der Waals surface area contributed by atoms with Gasteiger partial charge in [-0.05, 0) is 51.9 Å². The second kappa shape index (κ2) is 10.5. The lowest BCUT2D eigenvalue weighted by Crippen LogP contribution is -2.44. The number of hydrogen-bond acceptors (Lipinski definition) is 6. The molecule has 1 N–H and O–H groups in total. The number of nitrogens with one attached hydrogen (secondary N) is 1. The van der Waals surface area contributed by atoms with Crippen molar-refractivity contribution in [1.29, 1.82) is 0 Å². The highest BCUT2D eigenvalue weighted by Gasteiger charge is 2.48. The van der Waals surface area contributed by atoms with Crippen LogP contribution in [0.3, 0.4) is 0 Å². The standard InChI is InChI=1S/C28H19Cl2F2N7O2/c29-18-9-5-16(6-10-18)23-13-22(35-39(23)27(41)28(31,32)14-38-15-33-36-37-38)25-24(17-7-11-19(30)12-8-17)20-3-1-2-4-21(20)34-26(25)40/h1-12,15,23H,13-14H2,(H,34,40)/t23-/m0/s1. The number of nitrogens with zero attached hydrogens (tertiary/aromatic N) is 6. The summed E-state index contributed by atoms with van der Waals surface area (Å²) in [5.74, 6) is -5.47. The van der Waals surface area contributed by atoms with E-state index < -0.39 is 30.0 Å². The first-order chi connectivity index (χ1) is 19.7. The fraction of sp³-hybridized carbons (Fsp3) is 0.143. The Balaban J connectivity index is 1.52. The lowest BCUT2D eigenvalue weighted by molar-refractivity contribution is -0.161. The van der Waals surface area contributed by atoms with Crippen LogP contribution in [0.25, 0.3) is 22.0 Å². The van der Waals surface area contributed by atoms with Gasteiger partial charge >= 0.3 is 11.8 Å². The van der Waals surface area contributed by atoms with Crippen LogP contribution in [0, 0.1) is 0 Å². The van der Waals surface area contributed by atoms with Gasteiger partial charge in [-0.1, -0.05) is 65.7 Å². The molecule has 1 aliphatic heterocycles. The van der Waals surface area contributed by atoms with E-state index in [1.807, 2.05) is 12.1 Å². The van der Waals surface area contributed by atoms with Crippen molar-refractivity contribution in [2.75, 3.05) is 0 Å². The number of tetrazole rings is 1. The molecule has 0 unspecified atom stereocenters. The van der Waals surface area contributed by atoms with E-state index in [9.17, 15) is 9.59 Å². The van der Waals surface area contributed by atoms with Gasteiger partial charge in [0.15, 0.2) is 0 Å². The number of H-pyrrole nitrogens is 1. The Bertz CT molecular complexity index is 1840. The van der Waals surface area contributed by atoms with Crippen molar-refractivity contribution in [3.05, 3.63) is 111 Å². The first-order valence-electron chi connectivity index (χ1n) is 12.4. The van der Waals surface area contributed by atoms with Gasteiger partial charge in [0, 0.05) is 32.9 Å². The maximum absolute atomic E-state index is 15.3. The van der Waals surface area contributed by atoms with Crippen LogP contribution >= 0.6 is 23.2 Å². The van der Waals surface area contributed by atoms with Crippen molar-refractivity contribution < 1.29 is 13.6 Å². The van der Waals surface area contributed by atoms with E-state index in [4.69, 9.17) is 23.2 Å². The summed E-state index contributed by atoms with van der Waals surface area (Å²) in [6.45, 7) is -1.08. The number of aromatic nitrogens is 5. The smallest absolute Gasteiger partial charge is 0.321 e. The van der Waals surface area contributed by atoms with Gasteiger partial charge in [0.1, 0.15) is 12.9 Å². The molecule has 9 nitrogen and oxygen atoms in total. The van der Waals surface area contributed by atoms with Crippen LogP contribution in [-0.4, -0.2) is 47.7 Å². The number of hydrazone groups is 1. The maximum Gasteiger partial charge on any atom is 0.345 e. The van der Waals surface area contributed by atoms with Gasteiger partial charge in [-0.3, -0.25) is 9.59 Å². The number of benzene rings is 3. The third-order valence-corrected chi connectivity index (χ3v) is 7.29. The molecular formula is C28H19Cl2F2N7O2. The quantitative estimate of drug-likeness (QED) is 0.279. The number of aromatic amines is 1. The topological polar surface area (TPSA) is 109 Å². The molecule has 0 saturated carbocycles. The van der Waals surface area contributed by atoms with Crippen molar-refractivity contribution in [2.45, 2.75) is 24.9 Å². The molecule has 0 fully saturated rings. The van der Waals surface area contributed by atoms with Crippen LogP contribution < -0.4 is 5.56 Å². The molecule has 206 valence electrons. The summed E-state index contributed by atoms with van der Waals surface area (Å²) in [6.07, 6.45) is 0.986. The van der Waals surface area contributed by atoms with Crippen LogP contribution in [-0.2, 0) is 11.3 Å². The van der Waals surface area contributed by atoms with E-state index in [0.29, 0.717) is 37.6 Å². The van der Waals surface area contributed by atoms with E-state index in [0.717, 1.165) is 16.0 Å². The van der Waals surface area contributed by atoms with E-state index in [2.05, 4.69) is 25.6 Å². The molecule has 1 atom stereocenters. The summed E-state index contributed by atoms with van der Waals surface area (Å²) in [5, 5.41) is 16.9. The zero-order valence-electron chi connectivity index (χ0n) is 21.0. The molecule has 6 rings (SSSR count). The maximum atomic E-state index is 15.3. The van der Waals surface area contributed by atoms with Crippen LogP contribution in [0.4, 0.5) is 8.78 Å². The van der Waals surface area contributed by atoms with Gasteiger partial charge in [0.25, 0.3) is 5.56 Å². The van der Waals surface area contributed by atoms with Crippen molar-refractivity contribution in [3.63, 3.8) is 0 Å². The molecule has 0 aliphatic carbocycles. The van der Waals surface area contributed by atoms with Crippen LogP contribution in [0.15, 0.2) is 89.0 Å². The zero-order valence-corrected chi connectivity index (χ0v) is 22.5. The normalized spacial score (nSPS) is 15.4. The molecule has 3 heterocycles. The minimum Gasteiger partial charge on any atom is -0.321 e. The number of para-hydroxylation sites is 1. The number of amides is 1. The molecule has 0 radical (unpaired) electrons. The molecular weight excluding hydrogens is 575 g/mol. The third-order valence-electron chi connectivity index (χ3n) is 6.78. The van der Waals surface area contributed by atoms with Gasteiger partial charge in [-0.2, -0.15) is 13.9 Å². The van der Waals surface area contributed by atoms with Crippen molar-refractivity contribution >= 4 is 45.7 Å². The van der Waals surface area contributed by atoms with Crippen molar-refractivity contribution in [3.8, 4) is 11.1 Å². The van der Waals surface area contributed by atoms with Gasteiger partial charge in [-0.25, -0.2) is 9.69 Å². The second-order valence-corrected chi connectivity index (χ2v) is 10.3. The lowest BCUT2D eigenvalue weighted by atomic mass is 9.91. The summed E-state index contributed by atoms with van der Waals surface area (Å²) >= 11 is 12.2. The fourth-order valence-corrected chi connectivity index (χ4v) is 5.17. The van der Waals surface area contributed by atoms with E-state index >= 15 is 8.78 Å². The van der Waals surface area contributed by atoms with Crippen LogP contribution in [0.2, 0.25) is 10.0 Å². The number of halogens is 4. The Hall–Kier alpha value is -4.48. The highest BCUT2D eigenvalue weighted by Crippen LogP contribution is 2.39. The Morgan fingerprint density at radius 3 is 2.34 bits per heavy atom. The largest absolute Gasteiger partial charge is 0.345 e. The zero-order chi connectivity index (χ0) is 28.7. The minimum absolute atomic E-state index is 0.00363. The molecule has 3 aromatic carbocycles. The summed E-state index contributed by atoms with van der Waals surface area (Å²) < 4.78 is 31.4. The van der Waals surface area contributed by atoms with Crippen LogP contribution in [0.1, 0.15) is 23.6 Å². The Morgan fingerprint density at radius 1 is 0.976 bits per heavy atom. The van der Waals surface area contributed by atoms with Crippen molar-refractivity contribution in [1.82, 2.24) is 30.2 Å². The summed E-state index contributed by atoms with van der Waals surface area (Å²) in [7, 11) is 0. The summed E-state index contributed by atoms with van der Waals surface area (Å²) in [6, 6.07) is 19.7. The Morgan fingerprint density at radius 2 is 1.66 bits per heavy atom. The summed E-state index contributed by atoms with van der Waals surface area (Å²) in [4.78, 5) is 29.8. The molecule has 41 heavy (non-hydrogen) atoms.